The van der Waals surface area contributed by atoms with E-state index in [1.807, 2.05) is 0 Å². The lowest BCUT2D eigenvalue weighted by atomic mass is 9.87. The Balaban J connectivity index is 0.000000492. The van der Waals surface area contributed by atoms with Crippen molar-refractivity contribution in [3.63, 3.8) is 0 Å². The molecule has 2 heterocycles. The Morgan fingerprint density at radius 2 is 2.22 bits per heavy atom. The molecule has 2 rings (SSSR count). The van der Waals surface area contributed by atoms with Gasteiger partial charge in [-0.3, -0.25) is 4.90 Å². The third-order valence-corrected chi connectivity index (χ3v) is 4.87. The fourth-order valence-electron chi connectivity index (χ4n) is 2.43. The van der Waals surface area contributed by atoms with Crippen LogP contribution in [0.2, 0.25) is 0 Å². The van der Waals surface area contributed by atoms with Crippen LogP contribution >= 0.6 is 11.8 Å². The van der Waals surface area contributed by atoms with Crippen molar-refractivity contribution in [2.45, 2.75) is 33.2 Å². The third kappa shape index (κ3) is 4.32. The quantitative estimate of drug-likeness (QED) is 0.719. The maximum Gasteiger partial charge on any atom is 0.0378 e. The van der Waals surface area contributed by atoms with E-state index in [9.17, 15) is 0 Å². The summed E-state index contributed by atoms with van der Waals surface area (Å²) >= 11 is 2.11. The highest BCUT2D eigenvalue weighted by Gasteiger charge is 2.38. The van der Waals surface area contributed by atoms with Crippen molar-refractivity contribution in [1.29, 1.82) is 5.41 Å². The Morgan fingerprint density at radius 3 is 2.72 bits per heavy atom. The topological polar surface area (TPSA) is 39.1 Å². The number of rotatable bonds is 1. The van der Waals surface area contributed by atoms with Gasteiger partial charge in [0.1, 0.15) is 0 Å². The second kappa shape index (κ2) is 7.19. The predicted octanol–water partition coefficient (Wildman–Crippen LogP) is 2.59. The van der Waals surface area contributed by atoms with Crippen molar-refractivity contribution in [2.24, 2.45) is 5.41 Å². The molecule has 3 nitrogen and oxygen atoms in total. The molecule has 2 saturated heterocycles. The molecule has 4 heteroatoms. The summed E-state index contributed by atoms with van der Waals surface area (Å²) in [6.07, 6.45) is 2.61. The second-order valence-corrected chi connectivity index (χ2v) is 6.65. The number of thioether (sulfide) groups is 1. The third-order valence-electron chi connectivity index (χ3n) is 3.56. The molecule has 0 aliphatic carbocycles. The molecule has 18 heavy (non-hydrogen) atoms. The molecule has 0 aromatic heterocycles. The van der Waals surface area contributed by atoms with Gasteiger partial charge in [-0.1, -0.05) is 6.58 Å². The standard InChI is InChI=1S/C12H22N2S.C2H5N/c1-10(2)14-6-11(3)13-7-12(8-14)4-5-15-9-12;1-2-3/h10,13H,3-9H2,1-2H3;2-3H,1H3. The van der Waals surface area contributed by atoms with Gasteiger partial charge in [-0.05, 0) is 39.2 Å². The van der Waals surface area contributed by atoms with Gasteiger partial charge in [-0.15, -0.1) is 0 Å². The fourth-order valence-corrected chi connectivity index (χ4v) is 3.93. The molecule has 0 radical (unpaired) electrons. The van der Waals surface area contributed by atoms with Crippen molar-refractivity contribution >= 4 is 18.0 Å². The average molecular weight is 269 g/mol. The van der Waals surface area contributed by atoms with E-state index in [0.29, 0.717) is 11.5 Å². The van der Waals surface area contributed by atoms with E-state index >= 15 is 0 Å². The van der Waals surface area contributed by atoms with E-state index in [2.05, 4.69) is 42.4 Å². The molecule has 104 valence electrons. The lowest BCUT2D eigenvalue weighted by Crippen LogP contribution is -2.42. The van der Waals surface area contributed by atoms with Gasteiger partial charge in [0, 0.05) is 42.5 Å². The van der Waals surface area contributed by atoms with Crippen LogP contribution in [-0.2, 0) is 0 Å². The Labute approximate surface area is 116 Å². The summed E-state index contributed by atoms with van der Waals surface area (Å²) in [5.74, 6) is 2.65. The summed E-state index contributed by atoms with van der Waals surface area (Å²) in [6, 6.07) is 0.629. The monoisotopic (exact) mass is 269 g/mol. The first-order valence-corrected chi connectivity index (χ1v) is 7.87. The van der Waals surface area contributed by atoms with Crippen molar-refractivity contribution < 1.29 is 0 Å². The number of hydrogen-bond acceptors (Lipinski definition) is 4. The number of hydrogen-bond donors (Lipinski definition) is 2. The molecule has 1 unspecified atom stereocenters. The smallest absolute Gasteiger partial charge is 0.0378 e. The average Bonchev–Trinajstić information content (AvgIpc) is 2.68. The zero-order chi connectivity index (χ0) is 13.6. The van der Waals surface area contributed by atoms with Crippen LogP contribution in [0.25, 0.3) is 0 Å². The Morgan fingerprint density at radius 1 is 1.56 bits per heavy atom. The number of nitrogens with one attached hydrogen (secondary N) is 2. The van der Waals surface area contributed by atoms with Gasteiger partial charge in [0.25, 0.3) is 0 Å². The molecule has 0 aromatic carbocycles. The minimum atomic E-state index is 0.508. The summed E-state index contributed by atoms with van der Waals surface area (Å²) in [6.45, 7) is 13.7. The highest BCUT2D eigenvalue weighted by molar-refractivity contribution is 7.99. The summed E-state index contributed by atoms with van der Waals surface area (Å²) in [5, 5.41) is 9.60. The predicted molar refractivity (Wildman–Crippen MR) is 82.7 cm³/mol. The van der Waals surface area contributed by atoms with E-state index in [1.165, 1.54) is 36.4 Å². The van der Waals surface area contributed by atoms with Crippen LogP contribution in [0.15, 0.2) is 12.3 Å². The Kier molecular flexibility index (Phi) is 6.22. The minimum Gasteiger partial charge on any atom is -0.387 e. The first kappa shape index (κ1) is 15.6. The Bertz CT molecular complexity index is 283. The molecule has 0 aromatic rings. The van der Waals surface area contributed by atoms with E-state index in [4.69, 9.17) is 5.41 Å². The van der Waals surface area contributed by atoms with E-state index < -0.39 is 0 Å². The van der Waals surface area contributed by atoms with Gasteiger partial charge in [-0.25, -0.2) is 0 Å². The van der Waals surface area contributed by atoms with Crippen LogP contribution in [0.3, 0.4) is 0 Å². The van der Waals surface area contributed by atoms with Crippen molar-refractivity contribution in [1.82, 2.24) is 10.2 Å². The molecule has 2 N–H and O–H groups in total. The summed E-state index contributed by atoms with van der Waals surface area (Å²) in [4.78, 5) is 2.56. The molecular weight excluding hydrogens is 242 g/mol. The number of nitrogens with zero attached hydrogens (tertiary/aromatic N) is 1. The maximum absolute atomic E-state index is 6.08. The van der Waals surface area contributed by atoms with Gasteiger partial charge in [0.15, 0.2) is 0 Å². The lowest BCUT2D eigenvalue weighted by molar-refractivity contribution is 0.165. The highest BCUT2D eigenvalue weighted by Crippen LogP contribution is 2.37. The van der Waals surface area contributed by atoms with Gasteiger partial charge in [0.2, 0.25) is 0 Å². The van der Waals surface area contributed by atoms with Crippen LogP contribution in [0.4, 0.5) is 0 Å². The molecule has 0 amide bonds. The van der Waals surface area contributed by atoms with Gasteiger partial charge in [0.05, 0.1) is 0 Å². The summed E-state index contributed by atoms with van der Waals surface area (Å²) in [7, 11) is 0. The molecule has 2 aliphatic heterocycles. The van der Waals surface area contributed by atoms with Crippen LogP contribution in [-0.4, -0.2) is 48.3 Å². The van der Waals surface area contributed by atoms with Crippen LogP contribution in [0, 0.1) is 10.8 Å². The SMILES string of the molecule is C=C1CN(C(C)C)CC2(CCSC2)CN1.CC=N. The Hall–Kier alpha value is -0.480. The van der Waals surface area contributed by atoms with Gasteiger partial charge >= 0.3 is 0 Å². The highest BCUT2D eigenvalue weighted by atomic mass is 32.2. The molecule has 2 fully saturated rings. The van der Waals surface area contributed by atoms with Gasteiger partial charge in [-0.2, -0.15) is 11.8 Å². The van der Waals surface area contributed by atoms with Gasteiger partial charge < -0.3 is 10.7 Å². The fraction of sp³-hybridized carbons (Fsp3) is 0.786. The minimum absolute atomic E-state index is 0.508. The molecule has 0 saturated carbocycles. The zero-order valence-corrected chi connectivity index (χ0v) is 12.8. The first-order valence-electron chi connectivity index (χ1n) is 6.71. The van der Waals surface area contributed by atoms with E-state index in [-0.39, 0.29) is 0 Å². The summed E-state index contributed by atoms with van der Waals surface area (Å²) < 4.78 is 0. The van der Waals surface area contributed by atoms with E-state index in [0.717, 1.165) is 13.1 Å². The van der Waals surface area contributed by atoms with Crippen LogP contribution in [0.1, 0.15) is 27.2 Å². The zero-order valence-electron chi connectivity index (χ0n) is 12.0. The molecule has 0 bridgehead atoms. The molecule has 1 atom stereocenters. The largest absolute Gasteiger partial charge is 0.387 e. The van der Waals surface area contributed by atoms with Crippen LogP contribution in [0.5, 0.6) is 0 Å². The molecular formula is C14H27N3S. The van der Waals surface area contributed by atoms with Crippen LogP contribution < -0.4 is 5.32 Å². The molecule has 1 spiro atoms. The maximum atomic E-state index is 6.08. The second-order valence-electron chi connectivity index (χ2n) is 5.55. The summed E-state index contributed by atoms with van der Waals surface area (Å²) in [5.41, 5.74) is 1.70. The normalized spacial score (nSPS) is 28.6. The van der Waals surface area contributed by atoms with Crippen molar-refractivity contribution in [3.05, 3.63) is 12.3 Å². The van der Waals surface area contributed by atoms with Crippen molar-refractivity contribution in [2.75, 3.05) is 31.1 Å². The lowest BCUT2D eigenvalue weighted by Gasteiger charge is -2.33. The van der Waals surface area contributed by atoms with E-state index in [1.54, 1.807) is 6.92 Å². The van der Waals surface area contributed by atoms with Crippen molar-refractivity contribution in [3.8, 4) is 0 Å². The molecule has 2 aliphatic rings. The first-order chi connectivity index (χ1) is 8.53.